The molecule has 9 nitrogen and oxygen atoms in total. The van der Waals surface area contributed by atoms with E-state index in [-0.39, 0.29) is 17.5 Å². The largest absolute Gasteiger partial charge is 0.492 e. The van der Waals surface area contributed by atoms with Crippen molar-refractivity contribution in [3.63, 3.8) is 0 Å². The van der Waals surface area contributed by atoms with Crippen molar-refractivity contribution in [2.45, 2.75) is 115 Å². The molecule has 0 bridgehead atoms. The van der Waals surface area contributed by atoms with E-state index in [1.807, 2.05) is 84.1 Å². The average Bonchev–Trinajstić information content (AvgIpc) is 3.21. The summed E-state index contributed by atoms with van der Waals surface area (Å²) in [5, 5.41) is 10.2. The van der Waals surface area contributed by atoms with Gasteiger partial charge in [-0.2, -0.15) is 5.10 Å². The smallest absolute Gasteiger partial charge is 0.167 e. The number of hydrogen-bond acceptors (Lipinski definition) is 9. The van der Waals surface area contributed by atoms with Crippen molar-refractivity contribution in [2.24, 2.45) is 22.9 Å². The van der Waals surface area contributed by atoms with E-state index < -0.39 is 5.82 Å². The molecule has 1 N–H and O–H groups in total. The van der Waals surface area contributed by atoms with Crippen LogP contribution in [0.5, 0.6) is 11.5 Å². The second-order valence-electron chi connectivity index (χ2n) is 15.3. The third-order valence-electron chi connectivity index (χ3n) is 9.85. The molecular weight excluding hydrogens is 728 g/mol. The van der Waals surface area contributed by atoms with Crippen LogP contribution in [0.2, 0.25) is 0 Å². The fourth-order valence-corrected chi connectivity index (χ4v) is 5.59. The molecule has 1 aromatic heterocycles. The molecule has 0 saturated carbocycles. The molecule has 318 valence electrons. The number of ketones is 1. The number of carbonyl (C=O) groups excluding carboxylic acids is 1. The van der Waals surface area contributed by atoms with Crippen LogP contribution in [0.3, 0.4) is 0 Å². The zero-order chi connectivity index (χ0) is 43.2. The summed E-state index contributed by atoms with van der Waals surface area (Å²) in [6.07, 6.45) is 19.0. The Kier molecular flexibility index (Phi) is 22.3. The topological polar surface area (TPSA) is 92.2 Å². The molecule has 0 amide bonds. The van der Waals surface area contributed by atoms with Crippen LogP contribution in [0.1, 0.15) is 113 Å². The van der Waals surface area contributed by atoms with Gasteiger partial charge < -0.3 is 19.7 Å². The SMILES string of the molecule is C/C=N\N1C=CC(Oc2ccc(Nc3ncnc4ccc(C)c(OCC(C)CC(C)CC)c34)cc2F)=CC1=C(C)CC.CCC(C)C(=O)/C=C/CN(C)C.CCCC. The number of aryl methyl sites for hydroxylation is 1. The zero-order valence-electron chi connectivity index (χ0n) is 37.7. The number of allylic oxidation sites excluding steroid dienone is 4. The van der Waals surface area contributed by atoms with Crippen LogP contribution in [-0.2, 0) is 4.79 Å². The van der Waals surface area contributed by atoms with Crippen LogP contribution in [0.4, 0.5) is 15.9 Å². The molecule has 0 radical (unpaired) electrons. The van der Waals surface area contributed by atoms with Crippen LogP contribution >= 0.6 is 0 Å². The summed E-state index contributed by atoms with van der Waals surface area (Å²) in [7, 11) is 3.97. The van der Waals surface area contributed by atoms with Crippen molar-refractivity contribution in [1.82, 2.24) is 19.9 Å². The van der Waals surface area contributed by atoms with E-state index in [0.29, 0.717) is 35.7 Å². The number of benzene rings is 2. The van der Waals surface area contributed by atoms with Crippen molar-refractivity contribution in [3.8, 4) is 11.5 Å². The first-order chi connectivity index (χ1) is 27.7. The minimum Gasteiger partial charge on any atom is -0.492 e. The Balaban J connectivity index is 0.000000611. The standard InChI is InChI=1S/C34H42FN5O2.C10H19NO.C4H10/c1-8-22(4)17-23(5)20-41-33-25(7)11-13-29-32(33)34(37-21-36-29)39-26-12-14-31(28(35)18-26)42-27-15-16-40(38-10-3)30(19-27)24(6)9-2;1-5-9(2)10(12)7-6-8-11(3)4;1-3-4-2/h10-16,18-19,21-23H,8-9,17,20H2,1-7H3,(H,36,37,39);6-7,9H,5,8H2,1-4H3;3-4H2,1-2H3/b30-24?,38-10-;7-6+;. The third kappa shape index (κ3) is 16.2. The Morgan fingerprint density at radius 1 is 1.02 bits per heavy atom. The molecule has 3 aromatic rings. The molecule has 3 unspecified atom stereocenters. The minimum atomic E-state index is -0.495. The van der Waals surface area contributed by atoms with Crippen LogP contribution in [0.25, 0.3) is 10.9 Å². The third-order valence-corrected chi connectivity index (χ3v) is 9.85. The summed E-state index contributed by atoms with van der Waals surface area (Å²) in [6, 6.07) is 8.74. The highest BCUT2D eigenvalue weighted by molar-refractivity contribution is 5.96. The number of ether oxygens (including phenoxy) is 2. The van der Waals surface area contributed by atoms with Crippen molar-refractivity contribution < 1.29 is 18.7 Å². The lowest BCUT2D eigenvalue weighted by Crippen LogP contribution is -2.15. The Labute approximate surface area is 349 Å². The van der Waals surface area contributed by atoms with Gasteiger partial charge in [-0.25, -0.2) is 19.4 Å². The number of carbonyl (C=O) groups is 1. The van der Waals surface area contributed by atoms with Crippen LogP contribution in [0, 0.1) is 30.5 Å². The maximum absolute atomic E-state index is 15.3. The predicted octanol–water partition coefficient (Wildman–Crippen LogP) is 12.6. The van der Waals surface area contributed by atoms with E-state index >= 15 is 4.39 Å². The van der Waals surface area contributed by atoms with Gasteiger partial charge in [-0.15, -0.1) is 0 Å². The van der Waals surface area contributed by atoms with Crippen molar-refractivity contribution in [2.75, 3.05) is 32.6 Å². The van der Waals surface area contributed by atoms with Crippen molar-refractivity contribution >= 4 is 34.4 Å². The lowest BCUT2D eigenvalue weighted by molar-refractivity contribution is -0.117. The number of nitrogens with zero attached hydrogens (tertiary/aromatic N) is 5. The van der Waals surface area contributed by atoms with Gasteiger partial charge in [0.15, 0.2) is 17.3 Å². The van der Waals surface area contributed by atoms with E-state index in [1.54, 1.807) is 35.5 Å². The Morgan fingerprint density at radius 3 is 2.34 bits per heavy atom. The minimum absolute atomic E-state index is 0.125. The van der Waals surface area contributed by atoms with E-state index in [1.165, 1.54) is 25.2 Å². The number of nitrogens with one attached hydrogen (secondary N) is 1. The number of hydrazone groups is 1. The first-order valence-corrected chi connectivity index (χ1v) is 21.1. The highest BCUT2D eigenvalue weighted by atomic mass is 19.1. The fourth-order valence-electron chi connectivity index (χ4n) is 5.59. The summed E-state index contributed by atoms with van der Waals surface area (Å²) in [5.41, 5.74) is 4.34. The van der Waals surface area contributed by atoms with Gasteiger partial charge in [0.1, 0.15) is 23.7 Å². The van der Waals surface area contributed by atoms with Crippen LogP contribution in [-0.4, -0.2) is 59.1 Å². The maximum atomic E-state index is 15.3. The van der Waals surface area contributed by atoms with E-state index in [2.05, 4.69) is 61.9 Å². The van der Waals surface area contributed by atoms with Gasteiger partial charge in [-0.3, -0.25) is 4.79 Å². The van der Waals surface area contributed by atoms with Gasteiger partial charge in [0.05, 0.1) is 23.2 Å². The number of fused-ring (bicyclic) bond motifs is 1. The summed E-state index contributed by atoms with van der Waals surface area (Å²) in [4.78, 5) is 22.2. The predicted molar refractivity (Wildman–Crippen MR) is 242 cm³/mol. The molecule has 4 rings (SSSR count). The van der Waals surface area contributed by atoms with Crippen LogP contribution in [0.15, 0.2) is 89.3 Å². The van der Waals surface area contributed by atoms with Gasteiger partial charge in [0.2, 0.25) is 0 Å². The molecule has 2 aromatic carbocycles. The molecule has 2 heterocycles. The molecular formula is C48H71FN6O3. The van der Waals surface area contributed by atoms with Gasteiger partial charge in [0, 0.05) is 42.7 Å². The maximum Gasteiger partial charge on any atom is 0.167 e. The van der Waals surface area contributed by atoms with Crippen molar-refractivity contribution in [1.29, 1.82) is 0 Å². The molecule has 0 spiro atoms. The highest BCUT2D eigenvalue weighted by Gasteiger charge is 2.18. The number of hydrogen-bond donors (Lipinski definition) is 1. The fraction of sp³-hybridized carbons (Fsp3) is 0.500. The van der Waals surface area contributed by atoms with Gasteiger partial charge in [-0.05, 0) is 107 Å². The molecule has 0 aliphatic carbocycles. The number of aromatic nitrogens is 2. The second-order valence-corrected chi connectivity index (χ2v) is 15.3. The van der Waals surface area contributed by atoms with Gasteiger partial charge >= 0.3 is 0 Å². The first kappa shape index (κ1) is 49.3. The zero-order valence-corrected chi connectivity index (χ0v) is 37.7. The number of rotatable bonds is 18. The quantitative estimate of drug-likeness (QED) is 0.100. The number of unbranched alkanes of at least 4 members (excludes halogenated alkanes) is 1. The Morgan fingerprint density at radius 2 is 1.74 bits per heavy atom. The van der Waals surface area contributed by atoms with E-state index in [9.17, 15) is 4.79 Å². The molecule has 10 heteroatoms. The molecule has 3 atom stereocenters. The molecule has 1 aliphatic heterocycles. The molecule has 0 fully saturated rings. The molecule has 58 heavy (non-hydrogen) atoms. The first-order valence-electron chi connectivity index (χ1n) is 21.1. The van der Waals surface area contributed by atoms with Crippen molar-refractivity contribution in [3.05, 3.63) is 95.6 Å². The Bertz CT molecular complexity index is 1880. The lowest BCUT2D eigenvalue weighted by Gasteiger charge is -2.23. The number of likely N-dealkylation sites (N-methyl/N-ethyl adjacent to an activating group) is 1. The lowest BCUT2D eigenvalue weighted by atomic mass is 9.96. The molecule has 0 saturated heterocycles. The summed E-state index contributed by atoms with van der Waals surface area (Å²) >= 11 is 0. The van der Waals surface area contributed by atoms with Crippen LogP contribution < -0.4 is 14.8 Å². The monoisotopic (exact) mass is 799 g/mol. The normalized spacial score (nSPS) is 15.0. The second kappa shape index (κ2) is 26.2. The average molecular weight is 799 g/mol. The van der Waals surface area contributed by atoms with Gasteiger partial charge in [0.25, 0.3) is 0 Å². The summed E-state index contributed by atoms with van der Waals surface area (Å²) in [6.45, 7) is 24.5. The van der Waals surface area contributed by atoms with Gasteiger partial charge in [-0.1, -0.05) is 86.8 Å². The summed E-state index contributed by atoms with van der Waals surface area (Å²) < 4.78 is 27.6. The number of anilines is 2. The summed E-state index contributed by atoms with van der Waals surface area (Å²) in [5.74, 6) is 2.92. The highest BCUT2D eigenvalue weighted by Crippen LogP contribution is 2.36. The van der Waals surface area contributed by atoms with E-state index in [0.717, 1.165) is 65.7 Å². The molecule has 1 aliphatic rings. The number of halogens is 1. The Hall–Kier alpha value is -4.83. The van der Waals surface area contributed by atoms with E-state index in [4.69, 9.17) is 9.47 Å².